The number of aromatic nitrogens is 1. The first-order chi connectivity index (χ1) is 9.51. The fraction of sp³-hybridized carbons (Fsp3) is 0.214. The summed E-state index contributed by atoms with van der Waals surface area (Å²) < 4.78 is 1.53. The van der Waals surface area contributed by atoms with Crippen molar-refractivity contribution in [3.8, 4) is 12.1 Å². The molecule has 1 aliphatic heterocycles. The molecule has 1 aromatic heterocycles. The number of pyridine rings is 1. The third-order valence-corrected chi connectivity index (χ3v) is 4.44. The second-order valence-corrected chi connectivity index (χ2v) is 6.08. The third kappa shape index (κ3) is 2.37. The van der Waals surface area contributed by atoms with Crippen molar-refractivity contribution in [2.75, 3.05) is 0 Å². The summed E-state index contributed by atoms with van der Waals surface area (Å²) in [5.41, 5.74) is 3.46. The molecule has 2 heterocycles. The summed E-state index contributed by atoms with van der Waals surface area (Å²) in [7, 11) is 0. The topological polar surface area (TPSA) is 72.5 Å². The summed E-state index contributed by atoms with van der Waals surface area (Å²) in [5, 5.41) is 22.0. The standard InChI is InChI=1S/C14H10Br2N4/c1-7-9(3-17)13(10(4-18)8(2)20-7)14-11(15)5-19-6-12(14)16/h5-6,13,20H,1-2H3. The number of rotatable bonds is 1. The van der Waals surface area contributed by atoms with Crippen LogP contribution in [0.2, 0.25) is 0 Å². The smallest absolute Gasteiger partial charge is 0.0975 e. The number of dihydropyridines is 1. The van der Waals surface area contributed by atoms with Crippen molar-refractivity contribution in [1.82, 2.24) is 10.3 Å². The number of halogens is 2. The summed E-state index contributed by atoms with van der Waals surface area (Å²) in [4.78, 5) is 4.07. The Balaban J connectivity index is 2.77. The van der Waals surface area contributed by atoms with Crippen LogP contribution in [0.5, 0.6) is 0 Å². The van der Waals surface area contributed by atoms with Crippen LogP contribution in [-0.2, 0) is 0 Å². The van der Waals surface area contributed by atoms with E-state index >= 15 is 0 Å². The molecule has 4 nitrogen and oxygen atoms in total. The van der Waals surface area contributed by atoms with E-state index in [2.05, 4.69) is 54.3 Å². The second-order valence-electron chi connectivity index (χ2n) is 4.38. The highest BCUT2D eigenvalue weighted by Crippen LogP contribution is 2.42. The highest BCUT2D eigenvalue weighted by atomic mass is 79.9. The lowest BCUT2D eigenvalue weighted by Gasteiger charge is -2.27. The number of nitriles is 2. The molecule has 0 bridgehead atoms. The number of hydrogen-bond acceptors (Lipinski definition) is 4. The maximum absolute atomic E-state index is 9.45. The van der Waals surface area contributed by atoms with Gasteiger partial charge in [-0.1, -0.05) is 0 Å². The number of nitrogens with zero attached hydrogens (tertiary/aromatic N) is 3. The van der Waals surface area contributed by atoms with Crippen molar-refractivity contribution in [3.63, 3.8) is 0 Å². The highest BCUT2D eigenvalue weighted by Gasteiger charge is 2.32. The first kappa shape index (κ1) is 14.8. The molecule has 1 N–H and O–H groups in total. The predicted octanol–water partition coefficient (Wildman–Crippen LogP) is 3.89. The Morgan fingerprint density at radius 3 is 1.90 bits per heavy atom. The Labute approximate surface area is 134 Å². The molecular weight excluding hydrogens is 384 g/mol. The van der Waals surface area contributed by atoms with Crippen LogP contribution < -0.4 is 5.32 Å². The van der Waals surface area contributed by atoms with Gasteiger partial charge < -0.3 is 5.32 Å². The van der Waals surface area contributed by atoms with Crippen molar-refractivity contribution in [2.45, 2.75) is 19.8 Å². The van der Waals surface area contributed by atoms with E-state index in [1.165, 1.54) is 0 Å². The quantitative estimate of drug-likeness (QED) is 0.785. The van der Waals surface area contributed by atoms with E-state index in [0.717, 1.165) is 25.9 Å². The summed E-state index contributed by atoms with van der Waals surface area (Å²) in [5.74, 6) is -0.391. The van der Waals surface area contributed by atoms with Crippen LogP contribution >= 0.6 is 31.9 Å². The molecule has 0 aromatic carbocycles. The zero-order chi connectivity index (χ0) is 14.9. The molecule has 20 heavy (non-hydrogen) atoms. The molecule has 0 unspecified atom stereocenters. The molecular formula is C14H10Br2N4. The van der Waals surface area contributed by atoms with Gasteiger partial charge in [0.1, 0.15) is 0 Å². The SMILES string of the molecule is CC1=C(C#N)C(c2c(Br)cncc2Br)C(C#N)=C(C)N1. The van der Waals surface area contributed by atoms with Gasteiger partial charge in [0.15, 0.2) is 0 Å². The van der Waals surface area contributed by atoms with Crippen LogP contribution in [0.15, 0.2) is 43.9 Å². The van der Waals surface area contributed by atoms with Crippen LogP contribution in [0.3, 0.4) is 0 Å². The van der Waals surface area contributed by atoms with E-state index in [1.807, 2.05) is 13.8 Å². The van der Waals surface area contributed by atoms with E-state index in [0.29, 0.717) is 11.1 Å². The molecule has 0 aliphatic carbocycles. The van der Waals surface area contributed by atoms with E-state index in [1.54, 1.807) is 12.4 Å². The highest BCUT2D eigenvalue weighted by molar-refractivity contribution is 9.11. The minimum Gasteiger partial charge on any atom is -0.361 e. The van der Waals surface area contributed by atoms with E-state index < -0.39 is 5.92 Å². The fourth-order valence-electron chi connectivity index (χ4n) is 2.28. The molecule has 0 saturated carbocycles. The average Bonchev–Trinajstić information content (AvgIpc) is 2.38. The minimum absolute atomic E-state index is 0.391. The summed E-state index contributed by atoms with van der Waals surface area (Å²) in [6.45, 7) is 3.68. The first-order valence-corrected chi connectivity index (χ1v) is 7.37. The Morgan fingerprint density at radius 2 is 1.50 bits per heavy atom. The van der Waals surface area contributed by atoms with E-state index in [-0.39, 0.29) is 0 Å². The normalized spacial score (nSPS) is 15.7. The van der Waals surface area contributed by atoms with Crippen molar-refractivity contribution < 1.29 is 0 Å². The maximum atomic E-state index is 9.45. The van der Waals surface area contributed by atoms with Crippen molar-refractivity contribution in [1.29, 1.82) is 10.5 Å². The van der Waals surface area contributed by atoms with Gasteiger partial charge in [0.25, 0.3) is 0 Å². The van der Waals surface area contributed by atoms with Crippen LogP contribution in [0.4, 0.5) is 0 Å². The Kier molecular flexibility index (Phi) is 4.27. The van der Waals surface area contributed by atoms with Gasteiger partial charge in [-0.2, -0.15) is 10.5 Å². The first-order valence-electron chi connectivity index (χ1n) is 5.78. The van der Waals surface area contributed by atoms with Gasteiger partial charge in [0, 0.05) is 32.7 Å². The summed E-state index contributed by atoms with van der Waals surface area (Å²) >= 11 is 6.92. The van der Waals surface area contributed by atoms with Crippen molar-refractivity contribution in [3.05, 3.63) is 49.4 Å². The zero-order valence-corrected chi connectivity index (χ0v) is 14.0. The molecule has 0 fully saturated rings. The predicted molar refractivity (Wildman–Crippen MR) is 82.1 cm³/mol. The molecule has 1 aromatic rings. The lowest BCUT2D eigenvalue weighted by atomic mass is 9.82. The lowest BCUT2D eigenvalue weighted by Crippen LogP contribution is -2.23. The summed E-state index contributed by atoms with van der Waals surface area (Å²) in [6.07, 6.45) is 3.33. The molecule has 100 valence electrons. The van der Waals surface area contributed by atoms with Crippen LogP contribution in [0, 0.1) is 22.7 Å². The van der Waals surface area contributed by atoms with Gasteiger partial charge in [0.05, 0.1) is 29.2 Å². The van der Waals surface area contributed by atoms with Crippen LogP contribution in [-0.4, -0.2) is 4.98 Å². The monoisotopic (exact) mass is 392 g/mol. The van der Waals surface area contributed by atoms with Gasteiger partial charge in [-0.15, -0.1) is 0 Å². The lowest BCUT2D eigenvalue weighted by molar-refractivity contribution is 0.807. The van der Waals surface area contributed by atoms with Crippen LogP contribution in [0.1, 0.15) is 25.3 Å². The maximum Gasteiger partial charge on any atom is 0.0975 e. The zero-order valence-electron chi connectivity index (χ0n) is 10.8. The van der Waals surface area contributed by atoms with E-state index in [4.69, 9.17) is 0 Å². The molecule has 6 heteroatoms. The second kappa shape index (κ2) is 5.78. The average molecular weight is 394 g/mol. The summed E-state index contributed by atoms with van der Waals surface area (Å²) in [6, 6.07) is 4.42. The van der Waals surface area contributed by atoms with Gasteiger partial charge in [-0.3, -0.25) is 4.98 Å². The van der Waals surface area contributed by atoms with Gasteiger partial charge >= 0.3 is 0 Å². The largest absolute Gasteiger partial charge is 0.361 e. The Hall–Kier alpha value is -1.63. The van der Waals surface area contributed by atoms with Crippen LogP contribution in [0.25, 0.3) is 0 Å². The number of hydrogen-bond donors (Lipinski definition) is 1. The Bertz CT molecular complexity index is 663. The molecule has 0 atom stereocenters. The molecule has 0 radical (unpaired) electrons. The molecule has 1 aliphatic rings. The fourth-order valence-corrected chi connectivity index (χ4v) is 3.66. The molecule has 2 rings (SSSR count). The van der Waals surface area contributed by atoms with E-state index in [9.17, 15) is 10.5 Å². The van der Waals surface area contributed by atoms with Gasteiger partial charge in [0.2, 0.25) is 0 Å². The minimum atomic E-state index is -0.391. The number of allylic oxidation sites excluding steroid dienone is 4. The van der Waals surface area contributed by atoms with Gasteiger partial charge in [-0.05, 0) is 51.3 Å². The molecule has 0 amide bonds. The number of nitrogens with one attached hydrogen (secondary N) is 1. The molecule has 0 spiro atoms. The Morgan fingerprint density at radius 1 is 1.05 bits per heavy atom. The third-order valence-electron chi connectivity index (χ3n) is 3.18. The van der Waals surface area contributed by atoms with Crippen molar-refractivity contribution in [2.24, 2.45) is 0 Å². The molecule has 0 saturated heterocycles. The van der Waals surface area contributed by atoms with Crippen molar-refractivity contribution >= 4 is 31.9 Å². The van der Waals surface area contributed by atoms with Gasteiger partial charge in [-0.25, -0.2) is 0 Å².